The molecule has 0 aliphatic heterocycles. The highest BCUT2D eigenvalue weighted by atomic mass is 32.2. The van der Waals surface area contributed by atoms with Gasteiger partial charge < -0.3 is 15.4 Å². The van der Waals surface area contributed by atoms with Crippen LogP contribution in [0.5, 0.6) is 5.75 Å². The molecular weight excluding hydrogens is 472 g/mol. The van der Waals surface area contributed by atoms with Gasteiger partial charge in [-0.25, -0.2) is 18.4 Å². The van der Waals surface area contributed by atoms with Crippen molar-refractivity contribution in [2.45, 2.75) is 25.9 Å². The average molecular weight is 505 g/mol. The molecule has 0 saturated carbocycles. The summed E-state index contributed by atoms with van der Waals surface area (Å²) in [4.78, 5) is 8.89. The van der Waals surface area contributed by atoms with Crippen molar-refractivity contribution in [2.75, 3.05) is 30.4 Å². The molecule has 4 aromatic rings. The number of hydrogen-bond acceptors (Lipinski definition) is 7. The molecule has 188 valence electrons. The Kier molecular flexibility index (Phi) is 8.86. The van der Waals surface area contributed by atoms with Gasteiger partial charge in [0.25, 0.3) is 0 Å². The van der Waals surface area contributed by atoms with Gasteiger partial charge in [0.2, 0.25) is 0 Å². The van der Waals surface area contributed by atoms with Gasteiger partial charge in [-0.2, -0.15) is 0 Å². The number of nitrogens with one attached hydrogen (secondary N) is 2. The highest BCUT2D eigenvalue weighted by Crippen LogP contribution is 2.26. The number of aryl methyl sites for hydroxylation is 1. The normalized spacial score (nSPS) is 11.5. The maximum atomic E-state index is 11.2. The van der Waals surface area contributed by atoms with Crippen LogP contribution in [0.25, 0.3) is 10.9 Å². The molecule has 3 aromatic carbocycles. The van der Waals surface area contributed by atoms with Crippen molar-refractivity contribution in [3.8, 4) is 5.75 Å². The summed E-state index contributed by atoms with van der Waals surface area (Å²) < 4.78 is 28.3. The Morgan fingerprint density at radius 1 is 0.861 bits per heavy atom. The molecule has 1 heterocycles. The van der Waals surface area contributed by atoms with E-state index in [1.54, 1.807) is 6.33 Å². The summed E-state index contributed by atoms with van der Waals surface area (Å²) in [7, 11) is -2.91. The lowest BCUT2D eigenvalue weighted by Crippen LogP contribution is -2.23. The van der Waals surface area contributed by atoms with Crippen molar-refractivity contribution in [1.82, 2.24) is 15.3 Å². The van der Waals surface area contributed by atoms with E-state index in [1.165, 1.54) is 11.8 Å². The van der Waals surface area contributed by atoms with Crippen LogP contribution in [0.4, 0.5) is 11.5 Å². The van der Waals surface area contributed by atoms with Crippen molar-refractivity contribution in [3.05, 3.63) is 90.3 Å². The summed E-state index contributed by atoms with van der Waals surface area (Å²) in [6, 6.07) is 24.2. The van der Waals surface area contributed by atoms with Crippen LogP contribution in [0, 0.1) is 0 Å². The minimum absolute atomic E-state index is 0.177. The SMILES string of the molecule is CS(=O)(=O)CCNCCCCc1ccc2ncnc(Nc3ccc(OCc4ccccc4)cc3)c2c1. The smallest absolute Gasteiger partial charge is 0.148 e. The number of rotatable bonds is 13. The third-order valence-electron chi connectivity index (χ3n) is 5.78. The van der Waals surface area contributed by atoms with Gasteiger partial charge in [0.1, 0.15) is 34.3 Å². The van der Waals surface area contributed by atoms with Crippen molar-refractivity contribution < 1.29 is 13.2 Å². The zero-order valence-electron chi connectivity index (χ0n) is 20.5. The maximum Gasteiger partial charge on any atom is 0.148 e. The first-order chi connectivity index (χ1) is 17.5. The van der Waals surface area contributed by atoms with Gasteiger partial charge in [-0.15, -0.1) is 0 Å². The van der Waals surface area contributed by atoms with E-state index in [9.17, 15) is 8.42 Å². The molecule has 0 fully saturated rings. The minimum Gasteiger partial charge on any atom is -0.489 e. The van der Waals surface area contributed by atoms with E-state index in [-0.39, 0.29) is 5.75 Å². The Balaban J connectivity index is 1.32. The van der Waals surface area contributed by atoms with E-state index >= 15 is 0 Å². The first-order valence-corrected chi connectivity index (χ1v) is 14.2. The molecule has 0 saturated heterocycles. The van der Waals surface area contributed by atoms with Crippen molar-refractivity contribution in [1.29, 1.82) is 0 Å². The quantitative estimate of drug-likeness (QED) is 0.250. The number of fused-ring (bicyclic) bond motifs is 1. The van der Waals surface area contributed by atoms with Crippen LogP contribution in [0.2, 0.25) is 0 Å². The number of unbranched alkanes of at least 4 members (excludes halogenated alkanes) is 1. The molecule has 1 aromatic heterocycles. The van der Waals surface area contributed by atoms with Crippen LogP contribution in [-0.2, 0) is 22.9 Å². The molecule has 0 aliphatic carbocycles. The van der Waals surface area contributed by atoms with Gasteiger partial charge >= 0.3 is 0 Å². The second-order valence-electron chi connectivity index (χ2n) is 8.83. The lowest BCUT2D eigenvalue weighted by Gasteiger charge is -2.11. The summed E-state index contributed by atoms with van der Waals surface area (Å²) in [5.41, 5.74) is 4.17. The van der Waals surface area contributed by atoms with Gasteiger partial charge in [0.05, 0.1) is 11.3 Å². The number of nitrogens with zero attached hydrogens (tertiary/aromatic N) is 2. The molecular formula is C28H32N4O3S. The summed E-state index contributed by atoms with van der Waals surface area (Å²) in [6.45, 7) is 1.84. The second-order valence-corrected chi connectivity index (χ2v) is 11.1. The lowest BCUT2D eigenvalue weighted by atomic mass is 10.1. The standard InChI is InChI=1S/C28H32N4O3S/c1-36(33,34)18-17-29-16-6-5-7-22-10-15-27-26(19-22)28(31-21-30-27)32-24-11-13-25(14-12-24)35-20-23-8-3-2-4-9-23/h2-4,8-15,19,21,29H,5-7,16-18,20H2,1H3,(H,30,31,32). The monoisotopic (exact) mass is 504 g/mol. The molecule has 0 atom stereocenters. The second kappa shape index (κ2) is 12.5. The lowest BCUT2D eigenvalue weighted by molar-refractivity contribution is 0.306. The van der Waals surface area contributed by atoms with Gasteiger partial charge in [-0.3, -0.25) is 0 Å². The summed E-state index contributed by atoms with van der Waals surface area (Å²) in [6.07, 6.45) is 5.77. The molecule has 8 heteroatoms. The predicted octanol–water partition coefficient (Wildman–Crippen LogP) is 4.91. The van der Waals surface area contributed by atoms with Crippen LogP contribution >= 0.6 is 0 Å². The van der Waals surface area contributed by atoms with E-state index in [0.717, 1.165) is 59.5 Å². The molecule has 0 radical (unpaired) electrons. The van der Waals surface area contributed by atoms with Gasteiger partial charge in [-0.05, 0) is 73.3 Å². The Bertz CT molecular complexity index is 1360. The van der Waals surface area contributed by atoms with Crippen LogP contribution in [-0.4, -0.2) is 43.5 Å². The van der Waals surface area contributed by atoms with Crippen molar-refractivity contribution in [2.24, 2.45) is 0 Å². The van der Waals surface area contributed by atoms with Gasteiger partial charge in [0, 0.05) is 23.9 Å². The molecule has 0 unspecified atom stereocenters. The molecule has 0 bridgehead atoms. The van der Waals surface area contributed by atoms with E-state index < -0.39 is 9.84 Å². The summed E-state index contributed by atoms with van der Waals surface area (Å²) >= 11 is 0. The number of hydrogen-bond donors (Lipinski definition) is 2. The highest BCUT2D eigenvalue weighted by molar-refractivity contribution is 7.90. The third-order valence-corrected chi connectivity index (χ3v) is 6.73. The summed E-state index contributed by atoms with van der Waals surface area (Å²) in [5, 5.41) is 7.59. The molecule has 36 heavy (non-hydrogen) atoms. The Hall–Kier alpha value is -3.49. The number of aromatic nitrogens is 2. The molecule has 4 rings (SSSR count). The fourth-order valence-electron chi connectivity index (χ4n) is 3.83. The number of benzene rings is 3. The van der Waals surface area contributed by atoms with E-state index in [1.807, 2.05) is 60.7 Å². The van der Waals surface area contributed by atoms with Crippen LogP contribution in [0.1, 0.15) is 24.0 Å². The number of anilines is 2. The third kappa shape index (κ3) is 8.03. The average Bonchev–Trinajstić information content (AvgIpc) is 2.88. The number of sulfone groups is 1. The molecule has 0 spiro atoms. The molecule has 2 N–H and O–H groups in total. The van der Waals surface area contributed by atoms with E-state index in [2.05, 4.69) is 32.7 Å². The van der Waals surface area contributed by atoms with E-state index in [0.29, 0.717) is 13.2 Å². The largest absolute Gasteiger partial charge is 0.489 e. The Morgan fingerprint density at radius 3 is 2.44 bits per heavy atom. The first-order valence-electron chi connectivity index (χ1n) is 12.1. The maximum absolute atomic E-state index is 11.2. The highest BCUT2D eigenvalue weighted by Gasteiger charge is 2.07. The van der Waals surface area contributed by atoms with Crippen molar-refractivity contribution in [3.63, 3.8) is 0 Å². The topological polar surface area (TPSA) is 93.2 Å². The molecule has 0 amide bonds. The fourth-order valence-corrected chi connectivity index (χ4v) is 4.35. The van der Waals surface area contributed by atoms with E-state index in [4.69, 9.17) is 4.74 Å². The number of ether oxygens (including phenoxy) is 1. The molecule has 7 nitrogen and oxygen atoms in total. The van der Waals surface area contributed by atoms with Gasteiger partial charge in [-0.1, -0.05) is 36.4 Å². The van der Waals surface area contributed by atoms with Crippen LogP contribution < -0.4 is 15.4 Å². The van der Waals surface area contributed by atoms with Crippen LogP contribution in [0.3, 0.4) is 0 Å². The Labute approximate surface area is 212 Å². The molecule has 0 aliphatic rings. The zero-order chi connectivity index (χ0) is 25.2. The Morgan fingerprint density at radius 2 is 1.67 bits per heavy atom. The first kappa shape index (κ1) is 25.6. The van der Waals surface area contributed by atoms with Crippen LogP contribution in [0.15, 0.2) is 79.1 Å². The zero-order valence-corrected chi connectivity index (χ0v) is 21.3. The van der Waals surface area contributed by atoms with Gasteiger partial charge in [0.15, 0.2) is 0 Å². The predicted molar refractivity (Wildman–Crippen MR) is 146 cm³/mol. The summed E-state index contributed by atoms with van der Waals surface area (Å²) in [5.74, 6) is 1.75. The minimum atomic E-state index is -2.91. The van der Waals surface area contributed by atoms with Crippen molar-refractivity contribution >= 4 is 32.2 Å². The fraction of sp³-hybridized carbons (Fsp3) is 0.286.